The average Bonchev–Trinajstić information content (AvgIpc) is 3.14. The van der Waals surface area contributed by atoms with Crippen LogP contribution in [0.2, 0.25) is 5.02 Å². The number of aromatic amines is 1. The molecule has 4 aromatic rings. The second kappa shape index (κ2) is 10.2. The maximum absolute atomic E-state index is 12.6. The fraction of sp³-hybridized carbons (Fsp3) is 0.227. The summed E-state index contributed by atoms with van der Waals surface area (Å²) in [5, 5.41) is 11.8. The zero-order chi connectivity index (χ0) is 23.5. The van der Waals surface area contributed by atoms with Crippen LogP contribution in [0.5, 0.6) is 5.75 Å². The largest absolute Gasteiger partial charge is 0.491 e. The molecule has 0 aliphatic heterocycles. The van der Waals surface area contributed by atoms with Gasteiger partial charge in [0.1, 0.15) is 18.5 Å². The molecule has 0 aliphatic rings. The summed E-state index contributed by atoms with van der Waals surface area (Å²) in [5.74, 6) is 1.16. The Labute approximate surface area is 206 Å². The highest BCUT2D eigenvalue weighted by Crippen LogP contribution is 2.26. The summed E-state index contributed by atoms with van der Waals surface area (Å²) in [7, 11) is 1.54. The van der Waals surface area contributed by atoms with Crippen LogP contribution in [0, 0.1) is 0 Å². The van der Waals surface area contributed by atoms with E-state index in [2.05, 4.69) is 25.9 Å². The van der Waals surface area contributed by atoms with Crippen LogP contribution in [0.1, 0.15) is 5.56 Å². The number of thioether (sulfide) groups is 1. The van der Waals surface area contributed by atoms with E-state index in [-0.39, 0.29) is 24.3 Å². The highest BCUT2D eigenvalue weighted by atomic mass is 79.9. The molecule has 33 heavy (non-hydrogen) atoms. The van der Waals surface area contributed by atoms with Gasteiger partial charge < -0.3 is 14.4 Å². The third kappa shape index (κ3) is 5.52. The number of nitrogens with one attached hydrogen (secondary N) is 1. The summed E-state index contributed by atoms with van der Waals surface area (Å²) in [4.78, 5) is 31.5. The lowest BCUT2D eigenvalue weighted by atomic mass is 10.2. The maximum atomic E-state index is 12.6. The molecule has 2 heterocycles. The van der Waals surface area contributed by atoms with E-state index in [9.17, 15) is 14.7 Å². The van der Waals surface area contributed by atoms with Gasteiger partial charge in [0, 0.05) is 22.3 Å². The molecule has 2 aromatic heterocycles. The number of nitrogens with zero attached hydrogens (tertiary/aromatic N) is 3. The van der Waals surface area contributed by atoms with Crippen LogP contribution in [0.25, 0.3) is 11.2 Å². The number of aliphatic hydroxyl groups is 1. The minimum absolute atomic E-state index is 0.0172. The third-order valence-electron chi connectivity index (χ3n) is 4.88. The number of aromatic nitrogens is 4. The number of aryl methyl sites for hydroxylation is 1. The lowest BCUT2D eigenvalue weighted by Gasteiger charge is -2.15. The van der Waals surface area contributed by atoms with Gasteiger partial charge in [-0.05, 0) is 42.0 Å². The van der Waals surface area contributed by atoms with Crippen LogP contribution in [0.3, 0.4) is 0 Å². The Hall–Kier alpha value is -2.53. The van der Waals surface area contributed by atoms with Crippen LogP contribution >= 0.6 is 39.3 Å². The van der Waals surface area contributed by atoms with Gasteiger partial charge in [-0.3, -0.25) is 14.3 Å². The molecule has 0 amide bonds. The number of imidazole rings is 1. The predicted octanol–water partition coefficient (Wildman–Crippen LogP) is 3.57. The number of halogens is 2. The van der Waals surface area contributed by atoms with Crippen molar-refractivity contribution in [3.05, 3.63) is 84.4 Å². The Morgan fingerprint density at radius 3 is 2.73 bits per heavy atom. The van der Waals surface area contributed by atoms with Crippen molar-refractivity contribution in [1.82, 2.24) is 19.1 Å². The summed E-state index contributed by atoms with van der Waals surface area (Å²) in [5.41, 5.74) is 0.332. The SMILES string of the molecule is Cn1c(=O)[nH]c(=O)c2c1nc(SCc1cccc(Cl)c1)n2CC(O)COc1ccc(Br)cc1. The van der Waals surface area contributed by atoms with Gasteiger partial charge in [-0.1, -0.05) is 51.4 Å². The second-order valence-corrected chi connectivity index (χ2v) is 9.63. The number of fused-ring (bicyclic) bond motifs is 1. The smallest absolute Gasteiger partial charge is 0.329 e. The molecule has 0 bridgehead atoms. The minimum Gasteiger partial charge on any atom is -0.491 e. The average molecular weight is 552 g/mol. The standard InChI is InChI=1S/C22H20BrClN4O4S/c1-27-19-18(20(30)26-21(27)31)28(10-16(29)11-32-17-7-5-14(23)6-8-17)22(25-19)33-12-13-3-2-4-15(24)9-13/h2-9,16,29H,10-12H2,1H3,(H,26,30,31). The van der Waals surface area contributed by atoms with Crippen molar-refractivity contribution in [1.29, 1.82) is 0 Å². The molecular weight excluding hydrogens is 532 g/mol. The Balaban J connectivity index is 1.61. The van der Waals surface area contributed by atoms with Crippen molar-refractivity contribution < 1.29 is 9.84 Å². The van der Waals surface area contributed by atoms with Crippen molar-refractivity contribution in [3.63, 3.8) is 0 Å². The van der Waals surface area contributed by atoms with Crippen molar-refractivity contribution in [2.45, 2.75) is 23.6 Å². The molecule has 8 nitrogen and oxygen atoms in total. The summed E-state index contributed by atoms with van der Waals surface area (Å²) >= 11 is 10.8. The van der Waals surface area contributed by atoms with Crippen LogP contribution in [0.4, 0.5) is 0 Å². The van der Waals surface area contributed by atoms with Gasteiger partial charge >= 0.3 is 5.69 Å². The molecule has 0 saturated heterocycles. The number of aliphatic hydroxyl groups excluding tert-OH is 1. The molecule has 4 rings (SSSR count). The maximum Gasteiger partial charge on any atom is 0.329 e. The van der Waals surface area contributed by atoms with Gasteiger partial charge in [0.15, 0.2) is 16.3 Å². The van der Waals surface area contributed by atoms with E-state index >= 15 is 0 Å². The summed E-state index contributed by atoms with van der Waals surface area (Å²) in [6.07, 6.45) is -0.923. The second-order valence-electron chi connectivity index (χ2n) is 7.33. The third-order valence-corrected chi connectivity index (χ3v) is 6.69. The predicted molar refractivity (Wildman–Crippen MR) is 132 cm³/mol. The molecular formula is C22H20BrClN4O4S. The first kappa shape index (κ1) is 23.6. The molecule has 172 valence electrons. The van der Waals surface area contributed by atoms with Crippen molar-refractivity contribution in [2.75, 3.05) is 6.61 Å². The van der Waals surface area contributed by atoms with Crippen LogP contribution in [-0.2, 0) is 19.3 Å². The number of hydrogen-bond donors (Lipinski definition) is 2. The molecule has 0 aliphatic carbocycles. The Kier molecular flexibility index (Phi) is 7.28. The molecule has 1 atom stereocenters. The first-order chi connectivity index (χ1) is 15.8. The molecule has 2 N–H and O–H groups in total. The van der Waals surface area contributed by atoms with Gasteiger partial charge in [0.2, 0.25) is 0 Å². The van der Waals surface area contributed by atoms with E-state index < -0.39 is 17.4 Å². The summed E-state index contributed by atoms with van der Waals surface area (Å²) in [6, 6.07) is 14.7. The number of H-pyrrole nitrogens is 1. The molecule has 11 heteroatoms. The van der Waals surface area contributed by atoms with Crippen molar-refractivity contribution in [2.24, 2.45) is 7.05 Å². The van der Waals surface area contributed by atoms with Gasteiger partial charge in [-0.25, -0.2) is 9.78 Å². The number of rotatable bonds is 8. The van der Waals surface area contributed by atoms with E-state index in [4.69, 9.17) is 16.3 Å². The summed E-state index contributed by atoms with van der Waals surface area (Å²) in [6.45, 7) is 0.0789. The molecule has 2 aromatic carbocycles. The van der Waals surface area contributed by atoms with Gasteiger partial charge in [0.05, 0.1) is 6.54 Å². The zero-order valence-corrected chi connectivity index (χ0v) is 20.7. The molecule has 0 radical (unpaired) electrons. The zero-order valence-electron chi connectivity index (χ0n) is 17.5. The van der Waals surface area contributed by atoms with Crippen LogP contribution < -0.4 is 16.0 Å². The van der Waals surface area contributed by atoms with Gasteiger partial charge in [0.25, 0.3) is 5.56 Å². The molecule has 0 fully saturated rings. The Morgan fingerprint density at radius 2 is 2.00 bits per heavy atom. The Morgan fingerprint density at radius 1 is 1.24 bits per heavy atom. The van der Waals surface area contributed by atoms with Gasteiger partial charge in [-0.15, -0.1) is 0 Å². The van der Waals surface area contributed by atoms with Gasteiger partial charge in [-0.2, -0.15) is 0 Å². The normalized spacial score (nSPS) is 12.2. The van der Waals surface area contributed by atoms with Crippen LogP contribution in [0.15, 0.2) is 67.7 Å². The number of hydrogen-bond acceptors (Lipinski definition) is 6. The minimum atomic E-state index is -0.923. The van der Waals surface area contributed by atoms with Crippen molar-refractivity contribution >= 4 is 50.5 Å². The highest BCUT2D eigenvalue weighted by molar-refractivity contribution is 9.10. The number of benzene rings is 2. The first-order valence-electron chi connectivity index (χ1n) is 9.95. The van der Waals surface area contributed by atoms with Crippen LogP contribution in [-0.4, -0.2) is 36.9 Å². The lowest BCUT2D eigenvalue weighted by molar-refractivity contribution is 0.0914. The molecule has 0 spiro atoms. The topological polar surface area (TPSA) is 102 Å². The fourth-order valence-corrected chi connectivity index (χ4v) is 4.68. The number of ether oxygens (including phenoxy) is 1. The lowest BCUT2D eigenvalue weighted by Crippen LogP contribution is -2.30. The Bertz CT molecular complexity index is 1400. The molecule has 1 unspecified atom stereocenters. The quantitative estimate of drug-likeness (QED) is 0.325. The van der Waals surface area contributed by atoms with E-state index in [0.717, 1.165) is 10.0 Å². The summed E-state index contributed by atoms with van der Waals surface area (Å²) < 4.78 is 9.50. The van der Waals surface area contributed by atoms with E-state index in [1.807, 2.05) is 30.3 Å². The molecule has 0 saturated carbocycles. The van der Waals surface area contributed by atoms with Crippen molar-refractivity contribution in [3.8, 4) is 5.75 Å². The van der Waals surface area contributed by atoms with E-state index in [1.165, 1.54) is 23.4 Å². The fourth-order valence-electron chi connectivity index (χ4n) is 3.26. The van der Waals surface area contributed by atoms with E-state index in [0.29, 0.717) is 21.7 Å². The monoisotopic (exact) mass is 550 g/mol. The van der Waals surface area contributed by atoms with E-state index in [1.54, 1.807) is 22.8 Å². The first-order valence-corrected chi connectivity index (χ1v) is 12.1. The highest BCUT2D eigenvalue weighted by Gasteiger charge is 2.20.